The van der Waals surface area contributed by atoms with Crippen LogP contribution in [0.2, 0.25) is 5.02 Å². The quantitative estimate of drug-likeness (QED) is 0.788. The fraction of sp³-hybridized carbons (Fsp3) is 0.500. The highest BCUT2D eigenvalue weighted by Crippen LogP contribution is 2.31. The Morgan fingerprint density at radius 2 is 1.50 bits per heavy atom. The van der Waals surface area contributed by atoms with Gasteiger partial charge in [-0.1, -0.05) is 55.1 Å². The van der Waals surface area contributed by atoms with E-state index in [2.05, 4.69) is 4.90 Å². The Hall–Kier alpha value is -1.14. The fourth-order valence-corrected chi connectivity index (χ4v) is 6.23. The number of fused-ring (bicyclic) bond motifs is 1. The molecule has 6 heteroatoms. The normalized spacial score (nSPS) is 21.3. The molecule has 1 heterocycles. The number of hydrogen-bond acceptors (Lipinski definition) is 3. The Kier molecular flexibility index (Phi) is 5.24. The van der Waals surface area contributed by atoms with E-state index in [0.717, 1.165) is 18.5 Å². The number of hydrogen-bond donors (Lipinski definition) is 0. The van der Waals surface area contributed by atoms with E-state index in [1.165, 1.54) is 32.1 Å². The van der Waals surface area contributed by atoms with Crippen molar-refractivity contribution in [2.75, 3.05) is 26.2 Å². The summed E-state index contributed by atoms with van der Waals surface area (Å²) in [7, 11) is -3.51. The van der Waals surface area contributed by atoms with E-state index in [1.54, 1.807) is 22.5 Å². The zero-order chi connectivity index (χ0) is 18.1. The molecule has 0 unspecified atom stereocenters. The van der Waals surface area contributed by atoms with Gasteiger partial charge in [-0.3, -0.25) is 4.90 Å². The highest BCUT2D eigenvalue weighted by atomic mass is 35.5. The third-order valence-corrected chi connectivity index (χ3v) is 8.10. The van der Waals surface area contributed by atoms with E-state index in [0.29, 0.717) is 34.4 Å². The summed E-state index contributed by atoms with van der Waals surface area (Å²) in [6, 6.07) is 11.4. The standard InChI is InChI=1S/C20H25ClN2O2S/c21-19-10-4-9-18-17(19)8-5-11-20(18)26(24,25)23-14-12-22(13-15-23)16-6-2-1-3-7-16/h4-5,8-11,16H,1-3,6-7,12-15H2. The van der Waals surface area contributed by atoms with Gasteiger partial charge in [-0.15, -0.1) is 0 Å². The molecule has 2 aliphatic rings. The Bertz CT molecular complexity index is 886. The molecule has 1 aliphatic carbocycles. The van der Waals surface area contributed by atoms with Gasteiger partial charge in [0.1, 0.15) is 0 Å². The average Bonchev–Trinajstić information content (AvgIpc) is 2.69. The van der Waals surface area contributed by atoms with Crippen LogP contribution in [0, 0.1) is 0 Å². The van der Waals surface area contributed by atoms with Crippen molar-refractivity contribution in [3.63, 3.8) is 0 Å². The van der Waals surface area contributed by atoms with Gasteiger partial charge in [-0.2, -0.15) is 4.31 Å². The first-order chi connectivity index (χ1) is 12.6. The maximum Gasteiger partial charge on any atom is 0.243 e. The molecule has 1 aliphatic heterocycles. The predicted octanol–water partition coefficient (Wildman–Crippen LogP) is 4.13. The summed E-state index contributed by atoms with van der Waals surface area (Å²) in [6.07, 6.45) is 6.47. The van der Waals surface area contributed by atoms with Crippen LogP contribution in [0.1, 0.15) is 32.1 Å². The van der Waals surface area contributed by atoms with Crippen LogP contribution in [-0.2, 0) is 10.0 Å². The second-order valence-electron chi connectivity index (χ2n) is 7.32. The van der Waals surface area contributed by atoms with E-state index >= 15 is 0 Å². The van der Waals surface area contributed by atoms with Gasteiger partial charge in [0.25, 0.3) is 0 Å². The zero-order valence-corrected chi connectivity index (χ0v) is 16.5. The molecule has 26 heavy (non-hydrogen) atoms. The molecule has 4 rings (SSSR count). The van der Waals surface area contributed by atoms with Crippen molar-refractivity contribution in [3.8, 4) is 0 Å². The molecule has 0 bridgehead atoms. The molecule has 1 saturated carbocycles. The molecule has 2 fully saturated rings. The maximum absolute atomic E-state index is 13.3. The summed E-state index contributed by atoms with van der Waals surface area (Å²) < 4.78 is 28.2. The second-order valence-corrected chi connectivity index (χ2v) is 9.64. The lowest BCUT2D eigenvalue weighted by Crippen LogP contribution is -2.52. The van der Waals surface area contributed by atoms with E-state index in [4.69, 9.17) is 11.6 Å². The van der Waals surface area contributed by atoms with Crippen LogP contribution in [0.15, 0.2) is 41.3 Å². The molecular formula is C20H25ClN2O2S. The second kappa shape index (κ2) is 7.47. The molecule has 1 saturated heterocycles. The number of piperazine rings is 1. The van der Waals surface area contributed by atoms with Crippen molar-refractivity contribution in [1.29, 1.82) is 0 Å². The first kappa shape index (κ1) is 18.2. The summed E-state index contributed by atoms with van der Waals surface area (Å²) in [5.74, 6) is 0. The summed E-state index contributed by atoms with van der Waals surface area (Å²) in [5.41, 5.74) is 0. The minimum absolute atomic E-state index is 0.364. The molecule has 140 valence electrons. The van der Waals surface area contributed by atoms with E-state index in [9.17, 15) is 8.42 Å². The maximum atomic E-state index is 13.3. The number of nitrogens with zero attached hydrogens (tertiary/aromatic N) is 2. The molecule has 0 atom stereocenters. The molecule has 0 radical (unpaired) electrons. The molecule has 0 aromatic heterocycles. The Labute approximate surface area is 160 Å². The molecule has 0 N–H and O–H groups in total. The lowest BCUT2D eigenvalue weighted by molar-refractivity contribution is 0.111. The third kappa shape index (κ3) is 3.38. The van der Waals surface area contributed by atoms with Crippen molar-refractivity contribution < 1.29 is 8.42 Å². The smallest absolute Gasteiger partial charge is 0.243 e. The first-order valence-electron chi connectivity index (χ1n) is 9.49. The first-order valence-corrected chi connectivity index (χ1v) is 11.3. The predicted molar refractivity (Wildman–Crippen MR) is 106 cm³/mol. The van der Waals surface area contributed by atoms with Gasteiger partial charge in [-0.05, 0) is 25.0 Å². The van der Waals surface area contributed by atoms with Crippen molar-refractivity contribution in [3.05, 3.63) is 41.4 Å². The SMILES string of the molecule is O=S(=O)(c1cccc2c(Cl)cccc12)N1CCN(C2CCCCC2)CC1. The average molecular weight is 393 g/mol. The highest BCUT2D eigenvalue weighted by Gasteiger charge is 2.32. The van der Waals surface area contributed by atoms with E-state index < -0.39 is 10.0 Å². The molecule has 2 aromatic carbocycles. The van der Waals surface area contributed by atoms with Crippen molar-refractivity contribution in [1.82, 2.24) is 9.21 Å². The minimum Gasteiger partial charge on any atom is -0.298 e. The van der Waals surface area contributed by atoms with Gasteiger partial charge in [0.2, 0.25) is 10.0 Å². The molecule has 0 amide bonds. The number of sulfonamides is 1. The van der Waals surface area contributed by atoms with E-state index in [-0.39, 0.29) is 0 Å². The number of benzene rings is 2. The lowest BCUT2D eigenvalue weighted by Gasteiger charge is -2.40. The van der Waals surface area contributed by atoms with Gasteiger partial charge in [0.15, 0.2) is 0 Å². The van der Waals surface area contributed by atoms with Crippen LogP contribution in [0.25, 0.3) is 10.8 Å². The topological polar surface area (TPSA) is 40.6 Å². The van der Waals surface area contributed by atoms with E-state index in [1.807, 2.05) is 18.2 Å². The zero-order valence-electron chi connectivity index (χ0n) is 14.9. The van der Waals surface area contributed by atoms with Gasteiger partial charge in [0.05, 0.1) is 4.90 Å². The molecule has 2 aromatic rings. The van der Waals surface area contributed by atoms with Crippen LogP contribution in [-0.4, -0.2) is 49.8 Å². The minimum atomic E-state index is -3.51. The van der Waals surface area contributed by atoms with Gasteiger partial charge < -0.3 is 0 Å². The van der Waals surface area contributed by atoms with Crippen molar-refractivity contribution in [2.45, 2.75) is 43.0 Å². The number of halogens is 1. The van der Waals surface area contributed by atoms with Gasteiger partial charge >= 0.3 is 0 Å². The Balaban J connectivity index is 1.56. The molecule has 0 spiro atoms. The molecule has 4 nitrogen and oxygen atoms in total. The molecular weight excluding hydrogens is 368 g/mol. The van der Waals surface area contributed by atoms with Crippen molar-refractivity contribution in [2.24, 2.45) is 0 Å². The van der Waals surface area contributed by atoms with Crippen molar-refractivity contribution >= 4 is 32.4 Å². The number of rotatable bonds is 3. The van der Waals surface area contributed by atoms with Crippen LogP contribution in [0.4, 0.5) is 0 Å². The van der Waals surface area contributed by atoms with Crippen LogP contribution < -0.4 is 0 Å². The Morgan fingerprint density at radius 3 is 2.23 bits per heavy atom. The van der Waals surface area contributed by atoms with Crippen LogP contribution >= 0.6 is 11.6 Å². The summed E-state index contributed by atoms with van der Waals surface area (Å²) >= 11 is 6.25. The van der Waals surface area contributed by atoms with Gasteiger partial charge in [0, 0.05) is 48.0 Å². The summed E-state index contributed by atoms with van der Waals surface area (Å²) in [5, 5.41) is 2.08. The highest BCUT2D eigenvalue weighted by molar-refractivity contribution is 7.89. The van der Waals surface area contributed by atoms with Crippen LogP contribution in [0.5, 0.6) is 0 Å². The van der Waals surface area contributed by atoms with Crippen LogP contribution in [0.3, 0.4) is 0 Å². The third-order valence-electron chi connectivity index (χ3n) is 5.81. The van der Waals surface area contributed by atoms with Gasteiger partial charge in [-0.25, -0.2) is 8.42 Å². The monoisotopic (exact) mass is 392 g/mol. The lowest BCUT2D eigenvalue weighted by atomic mass is 9.94. The fourth-order valence-electron chi connectivity index (χ4n) is 4.36. The summed E-state index contributed by atoms with van der Waals surface area (Å²) in [6.45, 7) is 2.79. The Morgan fingerprint density at radius 1 is 0.846 bits per heavy atom. The summed E-state index contributed by atoms with van der Waals surface area (Å²) in [4.78, 5) is 2.86. The largest absolute Gasteiger partial charge is 0.298 e.